The maximum absolute atomic E-state index is 5.88. The molecule has 1 unspecified atom stereocenters. The zero-order valence-corrected chi connectivity index (χ0v) is 12.6. The number of hydrogen-bond acceptors (Lipinski definition) is 3. The number of nitrogens with zero attached hydrogens (tertiary/aromatic N) is 1. The van der Waals surface area contributed by atoms with Gasteiger partial charge in [-0.2, -0.15) is 0 Å². The first kappa shape index (κ1) is 14.5. The fourth-order valence-corrected chi connectivity index (χ4v) is 2.80. The number of likely N-dealkylation sites (N-methyl/N-ethyl adjacent to an activating group) is 1. The summed E-state index contributed by atoms with van der Waals surface area (Å²) >= 11 is 0. The third kappa shape index (κ3) is 2.69. The number of benzene rings is 1. The second-order valence-corrected chi connectivity index (χ2v) is 6.40. The van der Waals surface area contributed by atoms with Crippen molar-refractivity contribution >= 4 is 0 Å². The van der Waals surface area contributed by atoms with Crippen molar-refractivity contribution in [1.82, 2.24) is 10.3 Å². The van der Waals surface area contributed by atoms with Gasteiger partial charge >= 0.3 is 0 Å². The first-order valence-electron chi connectivity index (χ1n) is 7.21. The van der Waals surface area contributed by atoms with Gasteiger partial charge in [0.15, 0.2) is 0 Å². The molecule has 3 N–H and O–H groups in total. The minimum Gasteiger partial charge on any atom is -0.302 e. The Hall–Kier alpha value is -0.900. The first-order valence-corrected chi connectivity index (χ1v) is 7.21. The number of hydrogen-bond donors (Lipinski definition) is 2. The zero-order valence-electron chi connectivity index (χ0n) is 12.6. The minimum absolute atomic E-state index is 0.0331. The monoisotopic (exact) mass is 261 g/mol. The molecule has 3 nitrogen and oxygen atoms in total. The molecule has 106 valence electrons. The Kier molecular flexibility index (Phi) is 4.29. The fraction of sp³-hybridized carbons (Fsp3) is 0.625. The van der Waals surface area contributed by atoms with E-state index in [0.717, 1.165) is 5.92 Å². The molecule has 1 aromatic carbocycles. The zero-order chi connectivity index (χ0) is 14.0. The van der Waals surface area contributed by atoms with Crippen molar-refractivity contribution in [2.75, 3.05) is 14.1 Å². The fourth-order valence-electron chi connectivity index (χ4n) is 2.80. The molecule has 1 fully saturated rings. The van der Waals surface area contributed by atoms with E-state index in [0.29, 0.717) is 0 Å². The van der Waals surface area contributed by atoms with Gasteiger partial charge in [0.05, 0.1) is 6.04 Å². The molecular formula is C16H27N3. The number of hydrazine groups is 1. The van der Waals surface area contributed by atoms with Crippen LogP contribution in [-0.2, 0) is 0 Å². The Morgan fingerprint density at radius 1 is 1.26 bits per heavy atom. The van der Waals surface area contributed by atoms with Gasteiger partial charge in [0.1, 0.15) is 0 Å². The van der Waals surface area contributed by atoms with Crippen LogP contribution in [0.1, 0.15) is 56.2 Å². The van der Waals surface area contributed by atoms with E-state index in [9.17, 15) is 0 Å². The molecule has 2 rings (SSSR count). The smallest absolute Gasteiger partial charge is 0.0641 e. The number of nitrogens with two attached hydrogens (primary N) is 1. The molecule has 1 saturated carbocycles. The summed E-state index contributed by atoms with van der Waals surface area (Å²) in [5.41, 5.74) is 5.84. The lowest BCUT2D eigenvalue weighted by atomic mass is 9.75. The maximum Gasteiger partial charge on any atom is 0.0641 e. The first-order chi connectivity index (χ1) is 8.98. The van der Waals surface area contributed by atoms with Gasteiger partial charge < -0.3 is 4.90 Å². The third-order valence-corrected chi connectivity index (χ3v) is 4.88. The highest BCUT2D eigenvalue weighted by Gasteiger charge is 2.35. The molecule has 1 aromatic rings. The highest BCUT2D eigenvalue weighted by atomic mass is 15.3. The highest BCUT2D eigenvalue weighted by molar-refractivity contribution is 5.36. The molecule has 0 bridgehead atoms. The lowest BCUT2D eigenvalue weighted by Crippen LogP contribution is -2.51. The Bertz CT molecular complexity index is 422. The number of rotatable bonds is 5. The summed E-state index contributed by atoms with van der Waals surface area (Å²) in [7, 11) is 4.21. The summed E-state index contributed by atoms with van der Waals surface area (Å²) in [6, 6.07) is 8.90. The summed E-state index contributed by atoms with van der Waals surface area (Å²) < 4.78 is 0. The predicted molar refractivity (Wildman–Crippen MR) is 80.9 cm³/mol. The third-order valence-electron chi connectivity index (χ3n) is 4.88. The minimum atomic E-state index is -0.0331. The van der Waals surface area contributed by atoms with Crippen LogP contribution >= 0.6 is 0 Å². The molecule has 0 amide bonds. The Labute approximate surface area is 117 Å². The van der Waals surface area contributed by atoms with Crippen molar-refractivity contribution in [1.29, 1.82) is 0 Å². The van der Waals surface area contributed by atoms with Gasteiger partial charge in [-0.05, 0) is 57.8 Å². The summed E-state index contributed by atoms with van der Waals surface area (Å²) in [6.07, 6.45) is 3.99. The molecule has 0 aromatic heterocycles. The van der Waals surface area contributed by atoms with E-state index in [4.69, 9.17) is 5.84 Å². The van der Waals surface area contributed by atoms with Crippen molar-refractivity contribution in [2.24, 2.45) is 5.84 Å². The molecule has 0 heterocycles. The van der Waals surface area contributed by atoms with Gasteiger partial charge in [-0.15, -0.1) is 0 Å². The van der Waals surface area contributed by atoms with Crippen molar-refractivity contribution < 1.29 is 0 Å². The second kappa shape index (κ2) is 5.61. The van der Waals surface area contributed by atoms with E-state index >= 15 is 0 Å². The van der Waals surface area contributed by atoms with Crippen molar-refractivity contribution in [3.63, 3.8) is 0 Å². The van der Waals surface area contributed by atoms with E-state index in [1.165, 1.54) is 30.4 Å². The van der Waals surface area contributed by atoms with Gasteiger partial charge in [0.2, 0.25) is 0 Å². The molecule has 1 atom stereocenters. The second-order valence-electron chi connectivity index (χ2n) is 6.40. The quantitative estimate of drug-likeness (QED) is 0.632. The molecule has 0 aliphatic heterocycles. The van der Waals surface area contributed by atoms with Crippen LogP contribution in [0.4, 0.5) is 0 Å². The van der Waals surface area contributed by atoms with E-state index in [2.05, 4.69) is 62.5 Å². The van der Waals surface area contributed by atoms with E-state index in [1.807, 2.05) is 0 Å². The molecule has 0 saturated heterocycles. The van der Waals surface area contributed by atoms with Crippen LogP contribution in [0.15, 0.2) is 24.3 Å². The van der Waals surface area contributed by atoms with Crippen LogP contribution in [0.3, 0.4) is 0 Å². The Morgan fingerprint density at radius 3 is 2.37 bits per heavy atom. The van der Waals surface area contributed by atoms with E-state index in [1.54, 1.807) is 0 Å². The van der Waals surface area contributed by atoms with Gasteiger partial charge in [0.25, 0.3) is 0 Å². The summed E-state index contributed by atoms with van der Waals surface area (Å²) in [6.45, 7) is 4.46. The van der Waals surface area contributed by atoms with Crippen molar-refractivity contribution in [3.05, 3.63) is 35.4 Å². The average Bonchev–Trinajstić information content (AvgIpc) is 2.29. The molecule has 1 aliphatic carbocycles. The molecular weight excluding hydrogens is 234 g/mol. The summed E-state index contributed by atoms with van der Waals surface area (Å²) in [5, 5.41) is 0. The predicted octanol–water partition coefficient (Wildman–Crippen LogP) is 2.80. The molecule has 19 heavy (non-hydrogen) atoms. The van der Waals surface area contributed by atoms with Crippen LogP contribution in [0.25, 0.3) is 0 Å². The molecule has 0 spiro atoms. The largest absolute Gasteiger partial charge is 0.302 e. The van der Waals surface area contributed by atoms with Crippen LogP contribution < -0.4 is 11.3 Å². The maximum atomic E-state index is 5.88. The van der Waals surface area contributed by atoms with Gasteiger partial charge in [0, 0.05) is 5.54 Å². The van der Waals surface area contributed by atoms with E-state index < -0.39 is 0 Å². The number of nitrogens with one attached hydrogen (secondary N) is 1. The van der Waals surface area contributed by atoms with Gasteiger partial charge in [-0.3, -0.25) is 11.3 Å². The molecule has 3 heteroatoms. The lowest BCUT2D eigenvalue weighted by Gasteiger charge is -2.42. The van der Waals surface area contributed by atoms with Crippen molar-refractivity contribution in [2.45, 2.75) is 50.6 Å². The highest BCUT2D eigenvalue weighted by Crippen LogP contribution is 2.41. The van der Waals surface area contributed by atoms with Gasteiger partial charge in [-0.1, -0.05) is 30.7 Å². The molecule has 1 aliphatic rings. The van der Waals surface area contributed by atoms with Crippen LogP contribution in [0, 0.1) is 0 Å². The average molecular weight is 261 g/mol. The Morgan fingerprint density at radius 2 is 1.89 bits per heavy atom. The van der Waals surface area contributed by atoms with Gasteiger partial charge in [-0.25, -0.2) is 0 Å². The summed E-state index contributed by atoms with van der Waals surface area (Å²) in [4.78, 5) is 2.23. The molecule has 0 radical (unpaired) electrons. The van der Waals surface area contributed by atoms with Crippen LogP contribution in [0.5, 0.6) is 0 Å². The normalized spacial score (nSPS) is 18.4. The Balaban J connectivity index is 2.38. The lowest BCUT2D eigenvalue weighted by molar-refractivity contribution is 0.137. The van der Waals surface area contributed by atoms with Crippen molar-refractivity contribution in [3.8, 4) is 0 Å². The summed E-state index contributed by atoms with van der Waals surface area (Å²) in [5.74, 6) is 6.61. The standard InChI is InChI=1S/C16H27N3/c1-16(2,19(3)4)15(18-17)14-11-6-5-10-13(14)12-8-7-9-12/h5-6,10-12,15,18H,7-9,17H2,1-4H3. The topological polar surface area (TPSA) is 41.3 Å². The van der Waals surface area contributed by atoms with E-state index in [-0.39, 0.29) is 11.6 Å². The SMILES string of the molecule is CN(C)C(C)(C)C(NN)c1ccccc1C1CCC1. The van der Waals surface area contributed by atoms with Crippen LogP contribution in [-0.4, -0.2) is 24.5 Å². The van der Waals surface area contributed by atoms with Crippen LogP contribution in [0.2, 0.25) is 0 Å².